The fourth-order valence-corrected chi connectivity index (χ4v) is 4.36. The number of hydrogen-bond donors (Lipinski definition) is 2. The van der Waals surface area contributed by atoms with Crippen LogP contribution in [0, 0.1) is 0 Å². The van der Waals surface area contributed by atoms with Crippen LogP contribution in [0.5, 0.6) is 0 Å². The second-order valence-corrected chi connectivity index (χ2v) is 7.96. The van der Waals surface area contributed by atoms with Gasteiger partial charge in [-0.05, 0) is 52.7 Å². The Morgan fingerprint density at radius 2 is 1.92 bits per heavy atom. The Balaban J connectivity index is 1.64. The molecule has 0 aliphatic heterocycles. The third-order valence-corrected chi connectivity index (χ3v) is 5.63. The summed E-state index contributed by atoms with van der Waals surface area (Å²) in [5.41, 5.74) is 1.30. The van der Waals surface area contributed by atoms with Crippen LogP contribution in [0.25, 0.3) is 0 Å². The highest BCUT2D eigenvalue weighted by molar-refractivity contribution is 7.12. The van der Waals surface area contributed by atoms with Crippen molar-refractivity contribution in [3.63, 3.8) is 0 Å². The molecule has 0 spiro atoms. The van der Waals surface area contributed by atoms with E-state index in [0.29, 0.717) is 22.2 Å². The molecule has 3 aromatic rings. The number of rotatable bonds is 5. The number of halogens is 2. The molecule has 2 heterocycles. The molecule has 7 heteroatoms. The van der Waals surface area contributed by atoms with Crippen molar-refractivity contribution in [2.45, 2.75) is 12.6 Å². The molecule has 0 saturated heterocycles. The summed E-state index contributed by atoms with van der Waals surface area (Å²) in [6, 6.07) is 10.4. The lowest BCUT2D eigenvalue weighted by Crippen LogP contribution is -2.22. The molecule has 0 fully saturated rings. The number of nitrogens with one attached hydrogen (secondary N) is 1. The van der Waals surface area contributed by atoms with Gasteiger partial charge in [0, 0.05) is 25.4 Å². The van der Waals surface area contributed by atoms with Gasteiger partial charge in [-0.3, -0.25) is 4.79 Å². The van der Waals surface area contributed by atoms with Crippen LogP contribution >= 0.6 is 45.9 Å². The number of thiophene rings is 2. The summed E-state index contributed by atoms with van der Waals surface area (Å²) in [4.78, 5) is 14.0. The van der Waals surface area contributed by atoms with Crippen LogP contribution < -0.4 is 5.32 Å². The number of amides is 1. The van der Waals surface area contributed by atoms with Gasteiger partial charge in [0.2, 0.25) is 0 Å². The highest BCUT2D eigenvalue weighted by atomic mass is 35.5. The monoisotopic (exact) mass is 397 g/mol. The summed E-state index contributed by atoms with van der Waals surface area (Å²) >= 11 is 14.8. The molecule has 2 aromatic heterocycles. The van der Waals surface area contributed by atoms with Gasteiger partial charge >= 0.3 is 0 Å². The quantitative estimate of drug-likeness (QED) is 0.626. The van der Waals surface area contributed by atoms with E-state index in [1.165, 1.54) is 11.3 Å². The van der Waals surface area contributed by atoms with Gasteiger partial charge in [0.25, 0.3) is 5.91 Å². The second kappa shape index (κ2) is 7.68. The molecule has 0 radical (unpaired) electrons. The van der Waals surface area contributed by atoms with Gasteiger partial charge in [-0.2, -0.15) is 11.3 Å². The Kier molecular flexibility index (Phi) is 5.58. The van der Waals surface area contributed by atoms with Gasteiger partial charge in [-0.25, -0.2) is 0 Å². The Bertz CT molecular complexity index is 826. The largest absolute Gasteiger partial charge is 0.383 e. The molecule has 1 atom stereocenters. The number of carbonyl (C=O) groups is 1. The third-order valence-electron chi connectivity index (χ3n) is 3.36. The van der Waals surface area contributed by atoms with Gasteiger partial charge in [0.15, 0.2) is 0 Å². The van der Waals surface area contributed by atoms with Crippen LogP contribution in [-0.2, 0) is 6.54 Å². The first-order chi connectivity index (χ1) is 11.5. The molecule has 3 rings (SSSR count). The summed E-state index contributed by atoms with van der Waals surface area (Å²) < 4.78 is 0. The van der Waals surface area contributed by atoms with E-state index in [1.54, 1.807) is 29.5 Å². The van der Waals surface area contributed by atoms with Crippen LogP contribution in [0.2, 0.25) is 10.0 Å². The van der Waals surface area contributed by atoms with E-state index in [9.17, 15) is 9.90 Å². The fourth-order valence-electron chi connectivity index (χ4n) is 2.19. The molecule has 1 aromatic carbocycles. The smallest absolute Gasteiger partial charge is 0.251 e. The second-order valence-electron chi connectivity index (χ2n) is 5.10. The Hall–Kier alpha value is -1.37. The van der Waals surface area contributed by atoms with Gasteiger partial charge in [0.05, 0.1) is 6.54 Å². The molecule has 124 valence electrons. The first-order valence-corrected chi connectivity index (χ1v) is 9.57. The zero-order valence-electron chi connectivity index (χ0n) is 12.3. The average Bonchev–Trinajstić information content (AvgIpc) is 3.22. The maximum atomic E-state index is 12.2. The van der Waals surface area contributed by atoms with Crippen molar-refractivity contribution in [2.24, 2.45) is 0 Å². The number of carbonyl (C=O) groups excluding carboxylic acids is 1. The standard InChI is InChI=1S/C17H13Cl2NO2S2/c18-12-5-11(6-13(19)7-12)17(22)20-8-14-1-2-15(24-14)16(21)10-3-4-23-9-10/h1-7,9,16,21H,8H2,(H,20,22). The highest BCUT2D eigenvalue weighted by Crippen LogP contribution is 2.29. The Morgan fingerprint density at radius 1 is 1.17 bits per heavy atom. The van der Waals surface area contributed by atoms with E-state index in [1.807, 2.05) is 29.0 Å². The molecule has 3 nitrogen and oxygen atoms in total. The van der Waals surface area contributed by atoms with Crippen LogP contribution in [-0.4, -0.2) is 11.0 Å². The molecule has 0 saturated carbocycles. The Morgan fingerprint density at radius 3 is 2.58 bits per heavy atom. The van der Waals surface area contributed by atoms with Gasteiger partial charge in [-0.15, -0.1) is 11.3 Å². The molecule has 0 bridgehead atoms. The van der Waals surface area contributed by atoms with Crippen molar-refractivity contribution in [2.75, 3.05) is 0 Å². The van der Waals surface area contributed by atoms with E-state index in [0.717, 1.165) is 15.3 Å². The van der Waals surface area contributed by atoms with Crippen LogP contribution in [0.4, 0.5) is 0 Å². The van der Waals surface area contributed by atoms with E-state index < -0.39 is 6.10 Å². The summed E-state index contributed by atoms with van der Waals surface area (Å²) in [5.74, 6) is -0.243. The Labute approximate surface area is 157 Å². The molecule has 0 aliphatic rings. The van der Waals surface area contributed by atoms with E-state index in [2.05, 4.69) is 5.32 Å². The zero-order valence-corrected chi connectivity index (χ0v) is 15.5. The lowest BCUT2D eigenvalue weighted by Gasteiger charge is -2.06. The van der Waals surface area contributed by atoms with E-state index in [4.69, 9.17) is 23.2 Å². The summed E-state index contributed by atoms with van der Waals surface area (Å²) in [6.45, 7) is 0.379. The number of aliphatic hydroxyl groups is 1. The van der Waals surface area contributed by atoms with Gasteiger partial charge in [0.1, 0.15) is 6.10 Å². The molecule has 2 N–H and O–H groups in total. The minimum absolute atomic E-state index is 0.243. The minimum Gasteiger partial charge on any atom is -0.383 e. The molecular weight excluding hydrogens is 385 g/mol. The first kappa shape index (κ1) is 17.5. The number of hydrogen-bond acceptors (Lipinski definition) is 4. The number of aliphatic hydroxyl groups excluding tert-OH is 1. The van der Waals surface area contributed by atoms with Crippen molar-refractivity contribution < 1.29 is 9.90 Å². The first-order valence-electron chi connectivity index (χ1n) is 7.06. The van der Waals surface area contributed by atoms with Crippen molar-refractivity contribution in [1.82, 2.24) is 5.32 Å². The van der Waals surface area contributed by atoms with Crippen LogP contribution in [0.3, 0.4) is 0 Å². The maximum Gasteiger partial charge on any atom is 0.251 e. The summed E-state index contributed by atoms with van der Waals surface area (Å²) in [7, 11) is 0. The molecule has 1 amide bonds. The van der Waals surface area contributed by atoms with E-state index >= 15 is 0 Å². The molecule has 0 aliphatic carbocycles. The van der Waals surface area contributed by atoms with Crippen LogP contribution in [0.15, 0.2) is 47.2 Å². The molecule has 24 heavy (non-hydrogen) atoms. The maximum absolute atomic E-state index is 12.2. The van der Waals surface area contributed by atoms with Crippen molar-refractivity contribution >= 4 is 51.8 Å². The van der Waals surface area contributed by atoms with E-state index in [-0.39, 0.29) is 5.91 Å². The third kappa shape index (κ3) is 4.18. The minimum atomic E-state index is -0.627. The van der Waals surface area contributed by atoms with Crippen molar-refractivity contribution in [3.8, 4) is 0 Å². The summed E-state index contributed by atoms with van der Waals surface area (Å²) in [5, 5.41) is 17.8. The van der Waals surface area contributed by atoms with Crippen LogP contribution in [0.1, 0.15) is 31.8 Å². The summed E-state index contributed by atoms with van der Waals surface area (Å²) in [6.07, 6.45) is -0.627. The predicted octanol–water partition coefficient (Wildman–Crippen LogP) is 5.13. The normalized spacial score (nSPS) is 12.1. The zero-order chi connectivity index (χ0) is 17.1. The van der Waals surface area contributed by atoms with Gasteiger partial charge < -0.3 is 10.4 Å². The molecular formula is C17H13Cl2NO2S2. The molecule has 1 unspecified atom stereocenters. The lowest BCUT2D eigenvalue weighted by atomic mass is 10.2. The lowest BCUT2D eigenvalue weighted by molar-refractivity contribution is 0.0951. The predicted molar refractivity (Wildman–Crippen MR) is 100 cm³/mol. The average molecular weight is 398 g/mol. The van der Waals surface area contributed by atoms with Crippen molar-refractivity contribution in [3.05, 3.63) is 78.1 Å². The highest BCUT2D eigenvalue weighted by Gasteiger charge is 2.14. The number of benzene rings is 1. The fraction of sp³-hybridized carbons (Fsp3) is 0.118. The van der Waals surface area contributed by atoms with Crippen molar-refractivity contribution in [1.29, 1.82) is 0 Å². The van der Waals surface area contributed by atoms with Gasteiger partial charge in [-0.1, -0.05) is 23.2 Å². The SMILES string of the molecule is O=C(NCc1ccc(C(O)c2ccsc2)s1)c1cc(Cl)cc(Cl)c1. The topological polar surface area (TPSA) is 49.3 Å².